The highest BCUT2D eigenvalue weighted by atomic mass is 16.5. The topological polar surface area (TPSA) is 131 Å². The van der Waals surface area contributed by atoms with Gasteiger partial charge < -0.3 is 29.2 Å². The van der Waals surface area contributed by atoms with Crippen LogP contribution < -0.4 is 4.74 Å². The summed E-state index contributed by atoms with van der Waals surface area (Å²) in [5.74, 6) is 0.707. The van der Waals surface area contributed by atoms with Crippen LogP contribution in [0.15, 0.2) is 219 Å². The van der Waals surface area contributed by atoms with Crippen LogP contribution in [0.2, 0.25) is 0 Å². The Hall–Kier alpha value is -10.4. The van der Waals surface area contributed by atoms with Crippen LogP contribution in [0.5, 0.6) is 5.75 Å². The van der Waals surface area contributed by atoms with Gasteiger partial charge in [-0.25, -0.2) is 0 Å². The van der Waals surface area contributed by atoms with Crippen LogP contribution in [0, 0.1) is 0 Å². The molecule has 0 saturated heterocycles. The minimum Gasteiger partial charge on any atom is -0.497 e. The fourth-order valence-electron chi connectivity index (χ4n) is 18.0. The fraction of sp³-hybridized carbons (Fsp3) is 0.269. The second-order valence-electron chi connectivity index (χ2n) is 29.1. The molecule has 0 radical (unpaired) electrons. The molecule has 0 saturated carbocycles. The monoisotopic (exact) mass is 1350 g/mol. The number of unbranched alkanes of at least 4 members (excludes halogenated alkanes) is 10. The quantitative estimate of drug-likeness (QED) is 0.0510. The molecule has 2 unspecified atom stereocenters. The van der Waals surface area contributed by atoms with Gasteiger partial charge in [-0.05, 0) is 173 Å². The Kier molecular flexibility index (Phi) is 17.1. The van der Waals surface area contributed by atoms with E-state index in [0.717, 1.165) is 102 Å². The van der Waals surface area contributed by atoms with Crippen molar-refractivity contribution in [3.05, 3.63) is 269 Å². The van der Waals surface area contributed by atoms with Crippen LogP contribution >= 0.6 is 0 Å². The number of aryl methyl sites for hydroxylation is 2. The number of hydrogen-bond acceptors (Lipinski definition) is 8. The van der Waals surface area contributed by atoms with E-state index in [2.05, 4.69) is 182 Å². The highest BCUT2D eigenvalue weighted by molar-refractivity contribution is 6.10. The van der Waals surface area contributed by atoms with Gasteiger partial charge in [-0.1, -0.05) is 200 Å². The van der Waals surface area contributed by atoms with Gasteiger partial charge in [0, 0.05) is 131 Å². The first-order chi connectivity index (χ1) is 50.5. The number of aromatic nitrogens is 6. The van der Waals surface area contributed by atoms with Gasteiger partial charge in [-0.2, -0.15) is 0 Å². The molecule has 2 atom stereocenters. The Morgan fingerprint density at radius 3 is 1.09 bits per heavy atom. The number of benzene rings is 8. The maximum absolute atomic E-state index is 13.9. The van der Waals surface area contributed by atoms with Crippen molar-refractivity contribution in [1.82, 2.24) is 29.1 Å². The van der Waals surface area contributed by atoms with Crippen LogP contribution in [0.3, 0.4) is 0 Å². The van der Waals surface area contributed by atoms with E-state index >= 15 is 0 Å². The summed E-state index contributed by atoms with van der Waals surface area (Å²) < 4.78 is 10.4. The van der Waals surface area contributed by atoms with Crippen molar-refractivity contribution >= 4 is 43.6 Å². The van der Waals surface area contributed by atoms with Crippen molar-refractivity contribution in [3.8, 4) is 84.2 Å². The number of para-hydroxylation sites is 2. The summed E-state index contributed by atoms with van der Waals surface area (Å²) in [6.07, 6.45) is 24.2. The minimum atomic E-state index is -1.62. The normalized spacial score (nSPS) is 16.0. The Labute approximate surface area is 603 Å². The highest BCUT2D eigenvalue weighted by Crippen LogP contribution is 2.58. The SMILES string of the molecule is CCCCCCCCC1(CCCCCCCC)c2cc(-c3cnc4c(c3)C(O)(c3ccc(CO)cc3)c3cc(-c5ccc6c(c5)c5ccccc5n6CC)cnc3-4)ccc2-c2ccc(-c3cnc4c(c3)C(O)(c3ccc(OC)cc3)c3cc(-c5ccc6c(c5)c5ccccc5n6CC)cnc3-4)cc21. The van der Waals surface area contributed by atoms with E-state index in [9.17, 15) is 15.3 Å². The largest absolute Gasteiger partial charge is 0.497 e. The predicted octanol–water partition coefficient (Wildman–Crippen LogP) is 22.0. The Balaban J connectivity index is 0.772. The molecule has 3 aliphatic rings. The van der Waals surface area contributed by atoms with Gasteiger partial charge in [0.15, 0.2) is 0 Å². The molecule has 6 aromatic heterocycles. The first-order valence-electron chi connectivity index (χ1n) is 37.7. The third-order valence-corrected chi connectivity index (χ3v) is 23.4. The van der Waals surface area contributed by atoms with E-state index in [-0.39, 0.29) is 12.0 Å². The molecule has 103 heavy (non-hydrogen) atoms. The summed E-state index contributed by atoms with van der Waals surface area (Å²) in [6.45, 7) is 10.6. The van der Waals surface area contributed by atoms with Gasteiger partial charge in [-0.3, -0.25) is 19.9 Å². The van der Waals surface area contributed by atoms with Gasteiger partial charge in [0.25, 0.3) is 0 Å². The lowest BCUT2D eigenvalue weighted by molar-refractivity contribution is 0.130. The van der Waals surface area contributed by atoms with Crippen molar-refractivity contribution in [2.75, 3.05) is 7.11 Å². The predicted molar refractivity (Wildman–Crippen MR) is 419 cm³/mol. The molecular formula is C93H88N6O4. The van der Waals surface area contributed by atoms with E-state index in [1.54, 1.807) is 7.11 Å². The molecule has 0 amide bonds. The zero-order valence-corrected chi connectivity index (χ0v) is 59.7. The third-order valence-electron chi connectivity index (χ3n) is 23.4. The zero-order valence-electron chi connectivity index (χ0n) is 59.7. The first kappa shape index (κ1) is 65.9. The first-order valence-corrected chi connectivity index (χ1v) is 37.7. The smallest absolute Gasteiger partial charge is 0.144 e. The molecule has 514 valence electrons. The standard InChI is InChI=1S/C93H88N6O4/c1-6-10-12-14-16-22-44-91(45-23-17-15-13-11-7-2)77-48-62(66-52-81-89(96-56-66)87-79(92(81,101)68-34-28-59(58-100)29-35-68)50-64(54-94-87)60-32-42-85-75(46-60)73-24-18-20-26-83(73)98(85)8-3)30-40-71(77)72-41-31-63(49-78(72)91)67-53-82-90(97-57-67)88-80(93(82,102)69-36-38-70(103-5)39-37-69)51-65(55-95-88)61-33-43-86-76(47-61)74-25-19-21-27-84(74)99(86)9-4/h18-21,24-43,46-57,100-102H,6-17,22-23,44-45,58H2,1-5H3. The molecule has 14 aromatic rings. The number of aliphatic hydroxyl groups is 3. The average molecular weight is 1350 g/mol. The van der Waals surface area contributed by atoms with E-state index in [1.807, 2.05) is 73.3 Å². The lowest BCUT2D eigenvalue weighted by atomic mass is 9.70. The number of fused-ring (bicyclic) bond motifs is 15. The van der Waals surface area contributed by atoms with Crippen molar-refractivity contribution in [3.63, 3.8) is 0 Å². The number of aliphatic hydroxyl groups excluding tert-OH is 1. The van der Waals surface area contributed by atoms with Crippen molar-refractivity contribution in [1.29, 1.82) is 0 Å². The van der Waals surface area contributed by atoms with E-state index in [4.69, 9.17) is 24.7 Å². The van der Waals surface area contributed by atoms with Crippen LogP contribution in [0.4, 0.5) is 0 Å². The van der Waals surface area contributed by atoms with Crippen molar-refractivity contribution < 1.29 is 20.1 Å². The molecule has 0 fully saturated rings. The number of hydrogen-bond donors (Lipinski definition) is 3. The van der Waals surface area contributed by atoms with Gasteiger partial charge in [0.05, 0.1) is 36.5 Å². The number of nitrogens with zero attached hydrogens (tertiary/aromatic N) is 6. The summed E-state index contributed by atoms with van der Waals surface area (Å²) in [5.41, 5.74) is 21.8. The van der Waals surface area contributed by atoms with Crippen LogP contribution in [0.1, 0.15) is 168 Å². The summed E-state index contributed by atoms with van der Waals surface area (Å²) in [7, 11) is 1.67. The number of rotatable bonds is 24. The third kappa shape index (κ3) is 10.8. The second kappa shape index (κ2) is 26.8. The lowest BCUT2D eigenvalue weighted by Gasteiger charge is -2.33. The molecule has 17 rings (SSSR count). The Morgan fingerprint density at radius 2 is 0.699 bits per heavy atom. The number of pyridine rings is 4. The van der Waals surface area contributed by atoms with E-state index in [0.29, 0.717) is 61.9 Å². The highest BCUT2D eigenvalue weighted by Gasteiger charge is 2.49. The van der Waals surface area contributed by atoms with Gasteiger partial charge >= 0.3 is 0 Å². The number of methoxy groups -OCH3 is 1. The van der Waals surface area contributed by atoms with E-state index < -0.39 is 11.2 Å². The van der Waals surface area contributed by atoms with Crippen LogP contribution in [-0.4, -0.2) is 51.5 Å². The molecule has 6 heterocycles. The molecule has 0 spiro atoms. The van der Waals surface area contributed by atoms with E-state index in [1.165, 1.54) is 117 Å². The molecule has 3 N–H and O–H groups in total. The Morgan fingerprint density at radius 1 is 0.350 bits per heavy atom. The summed E-state index contributed by atoms with van der Waals surface area (Å²) >= 11 is 0. The van der Waals surface area contributed by atoms with Gasteiger partial charge in [0.2, 0.25) is 0 Å². The summed E-state index contributed by atoms with van der Waals surface area (Å²) in [5, 5.41) is 42.9. The van der Waals surface area contributed by atoms with Gasteiger partial charge in [-0.15, -0.1) is 0 Å². The second-order valence-corrected chi connectivity index (χ2v) is 29.1. The molecule has 0 aliphatic heterocycles. The maximum Gasteiger partial charge on any atom is 0.144 e. The van der Waals surface area contributed by atoms with Crippen molar-refractivity contribution in [2.45, 2.75) is 154 Å². The Bertz CT molecular complexity index is 5270. The van der Waals surface area contributed by atoms with Crippen LogP contribution in [0.25, 0.3) is 122 Å². The molecule has 3 aliphatic carbocycles. The zero-order chi connectivity index (χ0) is 70.1. The lowest BCUT2D eigenvalue weighted by Crippen LogP contribution is -2.26. The van der Waals surface area contributed by atoms with Gasteiger partial charge in [0.1, 0.15) is 17.0 Å². The molecular weight excluding hydrogens is 1270 g/mol. The summed E-state index contributed by atoms with van der Waals surface area (Å²) in [6, 6.07) is 68.8. The fourth-order valence-corrected chi connectivity index (χ4v) is 18.0. The minimum absolute atomic E-state index is 0.107. The molecule has 10 heteroatoms. The number of ether oxygens (including phenoxy) is 1. The summed E-state index contributed by atoms with van der Waals surface area (Å²) in [4.78, 5) is 21.1. The van der Waals surface area contributed by atoms with Crippen molar-refractivity contribution in [2.24, 2.45) is 0 Å². The molecule has 10 nitrogen and oxygen atoms in total. The molecule has 8 aromatic carbocycles. The van der Waals surface area contributed by atoms with Crippen LogP contribution in [-0.2, 0) is 36.3 Å². The maximum atomic E-state index is 13.9. The average Bonchev–Trinajstić information content (AvgIpc) is 1.56. The molecule has 0 bridgehead atoms.